The summed E-state index contributed by atoms with van der Waals surface area (Å²) in [7, 11) is 0. The number of piperidine rings is 1. The van der Waals surface area contributed by atoms with E-state index in [1.807, 2.05) is 20.8 Å². The van der Waals surface area contributed by atoms with Crippen LogP contribution in [0, 0.1) is 5.92 Å². The van der Waals surface area contributed by atoms with Crippen LogP contribution in [0.1, 0.15) is 27.2 Å². The Morgan fingerprint density at radius 2 is 2.00 bits per heavy atom. The first-order chi connectivity index (χ1) is 4.80. The minimum atomic E-state index is -0.608. The van der Waals surface area contributed by atoms with Crippen LogP contribution in [0.5, 0.6) is 0 Å². The third kappa shape index (κ3) is 3.16. The van der Waals surface area contributed by atoms with Crippen LogP contribution >= 0.6 is 0 Å². The van der Waals surface area contributed by atoms with Crippen LogP contribution in [0.4, 0.5) is 4.39 Å². The highest BCUT2D eigenvalue weighted by Gasteiger charge is 2.18. The van der Waals surface area contributed by atoms with Gasteiger partial charge in [0.2, 0.25) is 0 Å². The molecule has 0 radical (unpaired) electrons. The summed E-state index contributed by atoms with van der Waals surface area (Å²) in [6, 6.07) is 0. The van der Waals surface area contributed by atoms with Crippen molar-refractivity contribution >= 4 is 0 Å². The van der Waals surface area contributed by atoms with E-state index in [1.165, 1.54) is 0 Å². The molecule has 1 aliphatic rings. The fourth-order valence-electron chi connectivity index (χ4n) is 0.952. The van der Waals surface area contributed by atoms with E-state index in [9.17, 15) is 4.39 Å². The van der Waals surface area contributed by atoms with E-state index in [0.717, 1.165) is 13.0 Å². The maximum atomic E-state index is 12.5. The predicted molar refractivity (Wildman–Crippen MR) is 42.9 cm³/mol. The van der Waals surface area contributed by atoms with Crippen molar-refractivity contribution in [1.29, 1.82) is 0 Å². The summed E-state index contributed by atoms with van der Waals surface area (Å²) in [5.74, 6) is 0.274. The molecule has 0 saturated carbocycles. The van der Waals surface area contributed by atoms with Crippen molar-refractivity contribution in [3.8, 4) is 0 Å². The third-order valence-electron chi connectivity index (χ3n) is 1.73. The van der Waals surface area contributed by atoms with E-state index < -0.39 is 6.17 Å². The van der Waals surface area contributed by atoms with Crippen LogP contribution in [-0.2, 0) is 0 Å². The Labute approximate surface area is 63.0 Å². The van der Waals surface area contributed by atoms with Gasteiger partial charge in [-0.3, -0.25) is 0 Å². The topological polar surface area (TPSA) is 12.0 Å². The molecule has 62 valence electrons. The van der Waals surface area contributed by atoms with Gasteiger partial charge in [-0.05, 0) is 18.9 Å². The Hall–Kier alpha value is -0.110. The normalized spacial score (nSPS) is 32.4. The zero-order valence-corrected chi connectivity index (χ0v) is 7.15. The minimum absolute atomic E-state index is 0.274. The summed E-state index contributed by atoms with van der Waals surface area (Å²) in [5.41, 5.74) is 0. The second kappa shape index (κ2) is 5.66. The zero-order chi connectivity index (χ0) is 7.98. The summed E-state index contributed by atoms with van der Waals surface area (Å²) in [5, 5.41) is 2.99. The average Bonchev–Trinajstić information content (AvgIpc) is 2.00. The van der Waals surface area contributed by atoms with Crippen LogP contribution in [0.2, 0.25) is 0 Å². The van der Waals surface area contributed by atoms with Crippen molar-refractivity contribution < 1.29 is 4.39 Å². The van der Waals surface area contributed by atoms with Gasteiger partial charge >= 0.3 is 0 Å². The molecule has 0 aromatic heterocycles. The van der Waals surface area contributed by atoms with Crippen molar-refractivity contribution in [2.45, 2.75) is 33.4 Å². The maximum absolute atomic E-state index is 12.5. The van der Waals surface area contributed by atoms with E-state index in [2.05, 4.69) is 5.32 Å². The molecule has 0 aliphatic carbocycles. The lowest BCUT2D eigenvalue weighted by molar-refractivity contribution is 0.194. The van der Waals surface area contributed by atoms with Gasteiger partial charge in [-0.15, -0.1) is 0 Å². The van der Waals surface area contributed by atoms with Crippen molar-refractivity contribution in [1.82, 2.24) is 5.32 Å². The third-order valence-corrected chi connectivity index (χ3v) is 1.73. The molecule has 1 fully saturated rings. The van der Waals surface area contributed by atoms with Gasteiger partial charge in [0.25, 0.3) is 0 Å². The molecule has 0 bridgehead atoms. The van der Waals surface area contributed by atoms with Gasteiger partial charge in [0.05, 0.1) is 0 Å². The van der Waals surface area contributed by atoms with Crippen LogP contribution < -0.4 is 5.32 Å². The van der Waals surface area contributed by atoms with Crippen molar-refractivity contribution in [3.63, 3.8) is 0 Å². The molecule has 1 N–H and O–H groups in total. The molecule has 1 nitrogen and oxygen atoms in total. The second-order valence-corrected chi connectivity index (χ2v) is 2.49. The Morgan fingerprint density at radius 3 is 2.30 bits per heavy atom. The second-order valence-electron chi connectivity index (χ2n) is 2.49. The van der Waals surface area contributed by atoms with Crippen molar-refractivity contribution in [3.05, 3.63) is 0 Å². The molecule has 0 amide bonds. The molecule has 1 heterocycles. The molecule has 1 saturated heterocycles. The first kappa shape index (κ1) is 9.89. The summed E-state index contributed by atoms with van der Waals surface area (Å²) >= 11 is 0. The van der Waals surface area contributed by atoms with E-state index in [-0.39, 0.29) is 5.92 Å². The van der Waals surface area contributed by atoms with Gasteiger partial charge in [0, 0.05) is 6.54 Å². The molecular weight excluding hydrogens is 129 g/mol. The van der Waals surface area contributed by atoms with Gasteiger partial charge in [0.15, 0.2) is 0 Å². The van der Waals surface area contributed by atoms with E-state index in [0.29, 0.717) is 6.54 Å². The number of halogens is 1. The van der Waals surface area contributed by atoms with Crippen LogP contribution in [0.15, 0.2) is 0 Å². The lowest BCUT2D eigenvalue weighted by Crippen LogP contribution is -2.36. The molecule has 10 heavy (non-hydrogen) atoms. The molecule has 1 aliphatic heterocycles. The largest absolute Gasteiger partial charge is 0.314 e. The summed E-state index contributed by atoms with van der Waals surface area (Å²) in [6.45, 7) is 7.51. The Bertz CT molecular complexity index is 65.7. The first-order valence-corrected chi connectivity index (χ1v) is 4.15. The van der Waals surface area contributed by atoms with Gasteiger partial charge < -0.3 is 5.32 Å². The molecule has 0 aromatic rings. The standard InChI is InChI=1S/C6H12FN.C2H6/c1-5-2-3-8-4-6(5)7;1-2/h5-6,8H,2-4H2,1H3;1-2H3/t5-,6-;/m1./s1. The first-order valence-electron chi connectivity index (χ1n) is 4.15. The lowest BCUT2D eigenvalue weighted by Gasteiger charge is -2.22. The molecular formula is C8H18FN. The number of nitrogens with one attached hydrogen (secondary N) is 1. The van der Waals surface area contributed by atoms with Gasteiger partial charge in [-0.2, -0.15) is 0 Å². The summed E-state index contributed by atoms with van der Waals surface area (Å²) < 4.78 is 12.5. The number of hydrogen-bond acceptors (Lipinski definition) is 1. The lowest BCUT2D eigenvalue weighted by atomic mass is 9.99. The number of alkyl halides is 1. The van der Waals surface area contributed by atoms with Crippen LogP contribution in [0.25, 0.3) is 0 Å². The minimum Gasteiger partial charge on any atom is -0.314 e. The smallest absolute Gasteiger partial charge is 0.115 e. The van der Waals surface area contributed by atoms with Gasteiger partial charge in [0.1, 0.15) is 6.17 Å². The average molecular weight is 147 g/mol. The zero-order valence-electron chi connectivity index (χ0n) is 7.15. The van der Waals surface area contributed by atoms with Crippen molar-refractivity contribution in [2.75, 3.05) is 13.1 Å². The summed E-state index contributed by atoms with van der Waals surface area (Å²) in [4.78, 5) is 0. The molecule has 2 atom stereocenters. The van der Waals surface area contributed by atoms with Gasteiger partial charge in [-0.25, -0.2) is 4.39 Å². The van der Waals surface area contributed by atoms with Gasteiger partial charge in [-0.1, -0.05) is 20.8 Å². The van der Waals surface area contributed by atoms with E-state index in [4.69, 9.17) is 0 Å². The van der Waals surface area contributed by atoms with E-state index in [1.54, 1.807) is 0 Å². The fourth-order valence-corrected chi connectivity index (χ4v) is 0.952. The highest BCUT2D eigenvalue weighted by Crippen LogP contribution is 2.13. The maximum Gasteiger partial charge on any atom is 0.115 e. The van der Waals surface area contributed by atoms with Crippen molar-refractivity contribution in [2.24, 2.45) is 5.92 Å². The highest BCUT2D eigenvalue weighted by molar-refractivity contribution is 4.73. The molecule has 1 rings (SSSR count). The molecule has 0 spiro atoms. The predicted octanol–water partition coefficient (Wildman–Crippen LogP) is 1.98. The Morgan fingerprint density at radius 1 is 1.40 bits per heavy atom. The highest BCUT2D eigenvalue weighted by atomic mass is 19.1. The number of hydrogen-bond donors (Lipinski definition) is 1. The quantitative estimate of drug-likeness (QED) is 0.552. The Balaban J connectivity index is 0.000000371. The van der Waals surface area contributed by atoms with Crippen LogP contribution in [-0.4, -0.2) is 19.3 Å². The molecule has 2 heteroatoms. The summed E-state index contributed by atoms with van der Waals surface area (Å²) in [6.07, 6.45) is 0.380. The number of rotatable bonds is 0. The molecule has 0 aromatic carbocycles. The molecule has 0 unspecified atom stereocenters. The Kier molecular flexibility index (Phi) is 5.60. The van der Waals surface area contributed by atoms with Crippen LogP contribution in [0.3, 0.4) is 0 Å². The SMILES string of the molecule is CC.C[C@@H]1CCNC[C@H]1F. The fraction of sp³-hybridized carbons (Fsp3) is 1.00. The van der Waals surface area contributed by atoms with E-state index >= 15 is 0 Å². The monoisotopic (exact) mass is 147 g/mol.